The van der Waals surface area contributed by atoms with E-state index in [4.69, 9.17) is 9.47 Å². The van der Waals surface area contributed by atoms with Gasteiger partial charge in [-0.3, -0.25) is 9.69 Å². The van der Waals surface area contributed by atoms with E-state index in [1.165, 1.54) is 13.0 Å². The molecule has 0 spiro atoms. The molecule has 1 aromatic heterocycles. The van der Waals surface area contributed by atoms with E-state index in [1.54, 1.807) is 26.4 Å². The largest absolute Gasteiger partial charge is 0.493 e. The Bertz CT molecular complexity index is 850. The van der Waals surface area contributed by atoms with E-state index in [9.17, 15) is 4.79 Å². The molecule has 0 bridgehead atoms. The van der Waals surface area contributed by atoms with Gasteiger partial charge in [-0.05, 0) is 32.0 Å². The molecule has 2 aliphatic rings. The van der Waals surface area contributed by atoms with Gasteiger partial charge in [-0.25, -0.2) is 4.98 Å². The van der Waals surface area contributed by atoms with Crippen molar-refractivity contribution in [3.8, 4) is 11.5 Å². The van der Waals surface area contributed by atoms with Crippen LogP contribution in [0, 0.1) is 5.92 Å². The standard InChI is InChI=1S/C18H24N4O3/c1-21-5-4-11-8-22(9-14(11)21)10-17-19-13-7-16(25-3)15(24-2)6-12(13)18(23)20-17/h6-7,11,14H,4-5,8-10H2,1-3H3,(H,19,20,23)/t11-,14+/m0/s1. The molecule has 134 valence electrons. The minimum absolute atomic E-state index is 0.141. The predicted octanol–water partition coefficient (Wildman–Crippen LogP) is 1.08. The summed E-state index contributed by atoms with van der Waals surface area (Å²) in [6, 6.07) is 4.08. The Hall–Kier alpha value is -2.12. The van der Waals surface area contributed by atoms with Gasteiger partial charge in [0.2, 0.25) is 0 Å². The molecule has 4 rings (SSSR count). The van der Waals surface area contributed by atoms with E-state index < -0.39 is 0 Å². The molecule has 0 saturated carbocycles. The molecule has 0 amide bonds. The Kier molecular flexibility index (Phi) is 4.13. The minimum atomic E-state index is -0.141. The van der Waals surface area contributed by atoms with E-state index >= 15 is 0 Å². The molecular formula is C18H24N4O3. The quantitative estimate of drug-likeness (QED) is 0.895. The van der Waals surface area contributed by atoms with Crippen molar-refractivity contribution in [3.05, 3.63) is 28.3 Å². The molecule has 2 saturated heterocycles. The number of nitrogens with zero attached hydrogens (tertiary/aromatic N) is 3. The Labute approximate surface area is 146 Å². The Balaban J connectivity index is 1.61. The Morgan fingerprint density at radius 3 is 2.72 bits per heavy atom. The molecule has 0 unspecified atom stereocenters. The van der Waals surface area contributed by atoms with Gasteiger partial charge in [0.1, 0.15) is 5.82 Å². The molecule has 1 N–H and O–H groups in total. The van der Waals surface area contributed by atoms with Gasteiger partial charge in [-0.15, -0.1) is 0 Å². The van der Waals surface area contributed by atoms with Gasteiger partial charge < -0.3 is 19.4 Å². The number of methoxy groups -OCH3 is 2. The lowest BCUT2D eigenvalue weighted by Gasteiger charge is -2.20. The molecule has 2 aliphatic heterocycles. The minimum Gasteiger partial charge on any atom is -0.493 e. The normalized spacial score (nSPS) is 24.0. The van der Waals surface area contributed by atoms with Crippen LogP contribution in [0.1, 0.15) is 12.2 Å². The summed E-state index contributed by atoms with van der Waals surface area (Å²) in [4.78, 5) is 24.9. The van der Waals surface area contributed by atoms with E-state index in [0.717, 1.165) is 19.0 Å². The third-order valence-electron chi connectivity index (χ3n) is 5.53. The summed E-state index contributed by atoms with van der Waals surface area (Å²) in [5.41, 5.74) is 0.491. The van der Waals surface area contributed by atoms with Crippen LogP contribution in [0.25, 0.3) is 10.9 Å². The second-order valence-electron chi connectivity index (χ2n) is 7.03. The maximum atomic E-state index is 12.5. The number of aromatic amines is 1. The van der Waals surface area contributed by atoms with Gasteiger partial charge in [0, 0.05) is 25.2 Å². The molecule has 0 aliphatic carbocycles. The van der Waals surface area contributed by atoms with Crippen LogP contribution in [0.3, 0.4) is 0 Å². The summed E-state index contributed by atoms with van der Waals surface area (Å²) >= 11 is 0. The molecular weight excluding hydrogens is 320 g/mol. The van der Waals surface area contributed by atoms with Crippen molar-refractivity contribution < 1.29 is 9.47 Å². The van der Waals surface area contributed by atoms with E-state index in [1.807, 2.05) is 0 Å². The highest BCUT2D eigenvalue weighted by Gasteiger charge is 2.39. The maximum absolute atomic E-state index is 12.5. The lowest BCUT2D eigenvalue weighted by atomic mass is 10.1. The van der Waals surface area contributed by atoms with Gasteiger partial charge in [0.05, 0.1) is 31.7 Å². The Morgan fingerprint density at radius 2 is 2.00 bits per heavy atom. The number of likely N-dealkylation sites (N-methyl/N-ethyl adjacent to an activating group) is 1. The average molecular weight is 344 g/mol. The zero-order valence-corrected chi connectivity index (χ0v) is 14.9. The van der Waals surface area contributed by atoms with Crippen molar-refractivity contribution in [2.24, 2.45) is 5.92 Å². The highest BCUT2D eigenvalue weighted by molar-refractivity contribution is 5.81. The predicted molar refractivity (Wildman–Crippen MR) is 95.3 cm³/mol. The molecule has 7 nitrogen and oxygen atoms in total. The van der Waals surface area contributed by atoms with Crippen molar-refractivity contribution in [1.82, 2.24) is 19.8 Å². The summed E-state index contributed by atoms with van der Waals surface area (Å²) in [5, 5.41) is 0.513. The first kappa shape index (κ1) is 16.4. The molecule has 0 radical (unpaired) electrons. The monoisotopic (exact) mass is 344 g/mol. The van der Waals surface area contributed by atoms with Crippen molar-refractivity contribution in [3.63, 3.8) is 0 Å². The molecule has 1 aromatic carbocycles. The number of benzene rings is 1. The molecule has 2 atom stereocenters. The number of hydrogen-bond acceptors (Lipinski definition) is 6. The fourth-order valence-electron chi connectivity index (χ4n) is 4.19. The zero-order valence-electron chi connectivity index (χ0n) is 14.9. The zero-order chi connectivity index (χ0) is 17.6. The number of nitrogens with one attached hydrogen (secondary N) is 1. The SMILES string of the molecule is COc1cc2nc(CN3C[C@@H]4CCN(C)[C@@H]4C3)[nH]c(=O)c2cc1OC. The van der Waals surface area contributed by atoms with Crippen molar-refractivity contribution >= 4 is 10.9 Å². The number of likely N-dealkylation sites (tertiary alicyclic amines) is 2. The van der Waals surface area contributed by atoms with Crippen LogP contribution in [0.15, 0.2) is 16.9 Å². The number of hydrogen-bond donors (Lipinski definition) is 1. The number of ether oxygens (including phenoxy) is 2. The van der Waals surface area contributed by atoms with Crippen LogP contribution in [0.2, 0.25) is 0 Å². The molecule has 2 fully saturated rings. The summed E-state index contributed by atoms with van der Waals surface area (Å²) in [5.74, 6) is 2.55. The summed E-state index contributed by atoms with van der Waals surface area (Å²) in [6.45, 7) is 3.97. The second kappa shape index (κ2) is 6.31. The summed E-state index contributed by atoms with van der Waals surface area (Å²) in [7, 11) is 5.34. The third-order valence-corrected chi connectivity index (χ3v) is 5.53. The smallest absolute Gasteiger partial charge is 0.258 e. The first-order chi connectivity index (χ1) is 12.1. The lowest BCUT2D eigenvalue weighted by Crippen LogP contribution is -2.32. The third kappa shape index (κ3) is 2.87. The average Bonchev–Trinajstić information content (AvgIpc) is 3.15. The molecule has 25 heavy (non-hydrogen) atoms. The van der Waals surface area contributed by atoms with Gasteiger partial charge in [0.15, 0.2) is 11.5 Å². The molecule has 7 heteroatoms. The van der Waals surface area contributed by atoms with Crippen molar-refractivity contribution in [2.75, 3.05) is 40.9 Å². The van der Waals surface area contributed by atoms with E-state index in [2.05, 4.69) is 26.8 Å². The van der Waals surface area contributed by atoms with Crippen molar-refractivity contribution in [1.29, 1.82) is 0 Å². The van der Waals surface area contributed by atoms with Gasteiger partial charge >= 0.3 is 0 Å². The number of aromatic nitrogens is 2. The van der Waals surface area contributed by atoms with E-state index in [-0.39, 0.29) is 5.56 Å². The summed E-state index contributed by atoms with van der Waals surface area (Å²) < 4.78 is 10.6. The summed E-state index contributed by atoms with van der Waals surface area (Å²) in [6.07, 6.45) is 1.26. The highest BCUT2D eigenvalue weighted by atomic mass is 16.5. The van der Waals surface area contributed by atoms with Crippen LogP contribution in [0.4, 0.5) is 0 Å². The first-order valence-electron chi connectivity index (χ1n) is 8.66. The Morgan fingerprint density at radius 1 is 1.24 bits per heavy atom. The highest BCUT2D eigenvalue weighted by Crippen LogP contribution is 2.32. The first-order valence-corrected chi connectivity index (χ1v) is 8.66. The second-order valence-corrected chi connectivity index (χ2v) is 7.03. The van der Waals surface area contributed by atoms with Crippen LogP contribution < -0.4 is 15.0 Å². The molecule has 2 aromatic rings. The van der Waals surface area contributed by atoms with Crippen LogP contribution >= 0.6 is 0 Å². The number of rotatable bonds is 4. The van der Waals surface area contributed by atoms with Crippen LogP contribution in [-0.2, 0) is 6.54 Å². The van der Waals surface area contributed by atoms with Crippen LogP contribution in [-0.4, -0.2) is 66.7 Å². The number of H-pyrrole nitrogens is 1. The van der Waals surface area contributed by atoms with Crippen LogP contribution in [0.5, 0.6) is 11.5 Å². The topological polar surface area (TPSA) is 70.7 Å². The fourth-order valence-corrected chi connectivity index (χ4v) is 4.19. The maximum Gasteiger partial charge on any atom is 0.258 e. The fraction of sp³-hybridized carbons (Fsp3) is 0.556. The van der Waals surface area contributed by atoms with Gasteiger partial charge in [-0.1, -0.05) is 0 Å². The number of fused-ring (bicyclic) bond motifs is 2. The van der Waals surface area contributed by atoms with Crippen molar-refractivity contribution in [2.45, 2.75) is 19.0 Å². The molecule has 3 heterocycles. The lowest BCUT2D eigenvalue weighted by molar-refractivity contribution is 0.252. The van der Waals surface area contributed by atoms with E-state index in [0.29, 0.717) is 40.8 Å². The van der Waals surface area contributed by atoms with Gasteiger partial charge in [0.25, 0.3) is 5.56 Å². The van der Waals surface area contributed by atoms with Gasteiger partial charge in [-0.2, -0.15) is 0 Å².